The molecule has 0 amide bonds. The van der Waals surface area contributed by atoms with Gasteiger partial charge in [-0.15, -0.1) is 0 Å². The van der Waals surface area contributed by atoms with Crippen molar-refractivity contribution in [2.75, 3.05) is 6.61 Å². The fourth-order valence-corrected chi connectivity index (χ4v) is 0.756. The van der Waals surface area contributed by atoms with Gasteiger partial charge in [-0.1, -0.05) is 25.9 Å². The highest BCUT2D eigenvalue weighted by Gasteiger charge is 2.26. The lowest BCUT2D eigenvalue weighted by atomic mass is 9.82. The minimum atomic E-state index is 0.306. The van der Waals surface area contributed by atoms with Crippen molar-refractivity contribution >= 4 is 6.21 Å². The molecular weight excluding hydrogens is 114 g/mol. The van der Waals surface area contributed by atoms with Crippen LogP contribution in [0.2, 0.25) is 0 Å². The molecule has 0 aromatic rings. The van der Waals surface area contributed by atoms with E-state index >= 15 is 0 Å². The Morgan fingerprint density at radius 2 is 2.22 bits per heavy atom. The van der Waals surface area contributed by atoms with E-state index in [1.165, 1.54) is 0 Å². The molecule has 0 spiro atoms. The standard InChI is InChI=1S/C7H13NO/c1-7(2,3)6-4-8-9-5-6/h4,6H,5H2,1-3H3/t6-/m0/s1. The molecule has 2 heteroatoms. The molecule has 0 bridgehead atoms. The molecule has 0 saturated heterocycles. The summed E-state index contributed by atoms with van der Waals surface area (Å²) in [6.07, 6.45) is 1.89. The van der Waals surface area contributed by atoms with E-state index in [-0.39, 0.29) is 0 Å². The number of hydrogen-bond acceptors (Lipinski definition) is 2. The third-order valence-corrected chi connectivity index (χ3v) is 1.68. The van der Waals surface area contributed by atoms with Crippen LogP contribution in [0.15, 0.2) is 5.16 Å². The first kappa shape index (κ1) is 6.59. The average Bonchev–Trinajstić information content (AvgIpc) is 2.08. The Morgan fingerprint density at radius 1 is 1.56 bits per heavy atom. The maximum Gasteiger partial charge on any atom is 0.125 e. The van der Waals surface area contributed by atoms with Gasteiger partial charge in [0.15, 0.2) is 0 Å². The first-order valence-electron chi connectivity index (χ1n) is 3.26. The van der Waals surface area contributed by atoms with Gasteiger partial charge < -0.3 is 4.84 Å². The molecule has 1 heterocycles. The van der Waals surface area contributed by atoms with Crippen LogP contribution in [-0.4, -0.2) is 12.8 Å². The summed E-state index contributed by atoms with van der Waals surface area (Å²) >= 11 is 0. The molecule has 0 aromatic carbocycles. The minimum absolute atomic E-state index is 0.306. The van der Waals surface area contributed by atoms with E-state index in [0.29, 0.717) is 11.3 Å². The molecule has 2 nitrogen and oxygen atoms in total. The summed E-state index contributed by atoms with van der Waals surface area (Å²) in [5.74, 6) is 0.498. The summed E-state index contributed by atoms with van der Waals surface area (Å²) in [4.78, 5) is 4.85. The van der Waals surface area contributed by atoms with Gasteiger partial charge in [0, 0.05) is 5.92 Å². The highest BCUT2D eigenvalue weighted by molar-refractivity contribution is 5.62. The Balaban J connectivity index is 2.53. The molecule has 1 atom stereocenters. The van der Waals surface area contributed by atoms with Crippen molar-refractivity contribution in [1.29, 1.82) is 0 Å². The summed E-state index contributed by atoms with van der Waals surface area (Å²) in [7, 11) is 0. The van der Waals surface area contributed by atoms with E-state index < -0.39 is 0 Å². The smallest absolute Gasteiger partial charge is 0.125 e. The van der Waals surface area contributed by atoms with E-state index in [9.17, 15) is 0 Å². The molecule has 0 aliphatic carbocycles. The highest BCUT2D eigenvalue weighted by Crippen LogP contribution is 2.26. The molecule has 1 rings (SSSR count). The third kappa shape index (κ3) is 1.44. The normalized spacial score (nSPS) is 26.3. The van der Waals surface area contributed by atoms with Gasteiger partial charge in [-0.25, -0.2) is 0 Å². The van der Waals surface area contributed by atoms with E-state index in [2.05, 4.69) is 25.9 Å². The minimum Gasteiger partial charge on any atom is -0.395 e. The van der Waals surface area contributed by atoms with E-state index in [1.54, 1.807) is 0 Å². The molecule has 0 aromatic heterocycles. The molecule has 9 heavy (non-hydrogen) atoms. The SMILES string of the molecule is CC(C)(C)[C@H]1C=NOC1. The van der Waals surface area contributed by atoms with Crippen molar-refractivity contribution in [1.82, 2.24) is 0 Å². The Kier molecular flexibility index (Phi) is 1.47. The molecule has 0 unspecified atom stereocenters. The maximum atomic E-state index is 4.85. The van der Waals surface area contributed by atoms with Crippen molar-refractivity contribution in [3.63, 3.8) is 0 Å². The second-order valence-corrected chi connectivity index (χ2v) is 3.52. The second-order valence-electron chi connectivity index (χ2n) is 3.52. The lowest BCUT2D eigenvalue weighted by Gasteiger charge is -2.21. The lowest BCUT2D eigenvalue weighted by molar-refractivity contribution is 0.123. The van der Waals surface area contributed by atoms with Gasteiger partial charge in [0.05, 0.1) is 6.21 Å². The number of nitrogens with zero attached hydrogens (tertiary/aromatic N) is 1. The quantitative estimate of drug-likeness (QED) is 0.485. The predicted molar refractivity (Wildman–Crippen MR) is 37.4 cm³/mol. The predicted octanol–water partition coefficient (Wildman–Crippen LogP) is 1.66. The summed E-state index contributed by atoms with van der Waals surface area (Å²) in [6.45, 7) is 7.33. The summed E-state index contributed by atoms with van der Waals surface area (Å²) in [5, 5.41) is 3.71. The van der Waals surface area contributed by atoms with Crippen LogP contribution < -0.4 is 0 Å². The Bertz CT molecular complexity index is 123. The van der Waals surface area contributed by atoms with Crippen LogP contribution in [0.1, 0.15) is 20.8 Å². The van der Waals surface area contributed by atoms with Gasteiger partial charge in [0.1, 0.15) is 6.61 Å². The largest absolute Gasteiger partial charge is 0.395 e. The lowest BCUT2D eigenvalue weighted by Crippen LogP contribution is -2.22. The number of rotatable bonds is 0. The molecule has 0 saturated carbocycles. The van der Waals surface area contributed by atoms with Crippen LogP contribution in [0.25, 0.3) is 0 Å². The topological polar surface area (TPSA) is 21.6 Å². The molecule has 1 aliphatic rings. The van der Waals surface area contributed by atoms with Crippen molar-refractivity contribution in [3.05, 3.63) is 0 Å². The van der Waals surface area contributed by atoms with Crippen LogP contribution in [-0.2, 0) is 4.84 Å². The Morgan fingerprint density at radius 3 is 2.44 bits per heavy atom. The maximum absolute atomic E-state index is 4.85. The molecule has 0 fully saturated rings. The van der Waals surface area contributed by atoms with E-state index in [4.69, 9.17) is 4.84 Å². The van der Waals surface area contributed by atoms with E-state index in [0.717, 1.165) is 6.61 Å². The van der Waals surface area contributed by atoms with Crippen LogP contribution in [0.5, 0.6) is 0 Å². The zero-order chi connectivity index (χ0) is 6.91. The van der Waals surface area contributed by atoms with Crippen LogP contribution in [0.3, 0.4) is 0 Å². The average molecular weight is 127 g/mol. The first-order valence-corrected chi connectivity index (χ1v) is 3.26. The van der Waals surface area contributed by atoms with Gasteiger partial charge in [0.2, 0.25) is 0 Å². The van der Waals surface area contributed by atoms with Gasteiger partial charge in [-0.2, -0.15) is 0 Å². The second kappa shape index (κ2) is 2.01. The van der Waals surface area contributed by atoms with Gasteiger partial charge in [0.25, 0.3) is 0 Å². The van der Waals surface area contributed by atoms with E-state index in [1.807, 2.05) is 6.21 Å². The Hall–Kier alpha value is -0.530. The number of hydrogen-bond donors (Lipinski definition) is 0. The van der Waals surface area contributed by atoms with Crippen molar-refractivity contribution < 1.29 is 4.84 Å². The summed E-state index contributed by atoms with van der Waals surface area (Å²) in [5.41, 5.74) is 0.306. The van der Waals surface area contributed by atoms with Crippen LogP contribution >= 0.6 is 0 Å². The molecule has 0 N–H and O–H groups in total. The third-order valence-electron chi connectivity index (χ3n) is 1.68. The molecule has 1 aliphatic heterocycles. The van der Waals surface area contributed by atoms with Crippen molar-refractivity contribution in [2.45, 2.75) is 20.8 Å². The zero-order valence-electron chi connectivity index (χ0n) is 6.22. The molecule has 52 valence electrons. The summed E-state index contributed by atoms with van der Waals surface area (Å²) in [6, 6.07) is 0. The van der Waals surface area contributed by atoms with Gasteiger partial charge in [-0.3, -0.25) is 0 Å². The summed E-state index contributed by atoms with van der Waals surface area (Å²) < 4.78 is 0. The highest BCUT2D eigenvalue weighted by atomic mass is 16.6. The van der Waals surface area contributed by atoms with Crippen molar-refractivity contribution in [2.24, 2.45) is 16.5 Å². The first-order chi connectivity index (χ1) is 4.11. The van der Waals surface area contributed by atoms with Gasteiger partial charge in [-0.05, 0) is 5.41 Å². The van der Waals surface area contributed by atoms with Gasteiger partial charge >= 0.3 is 0 Å². The van der Waals surface area contributed by atoms with Crippen LogP contribution in [0.4, 0.5) is 0 Å². The Labute approximate surface area is 55.9 Å². The fraction of sp³-hybridized carbons (Fsp3) is 0.857. The monoisotopic (exact) mass is 127 g/mol. The molecular formula is C7H13NO. The fourth-order valence-electron chi connectivity index (χ4n) is 0.756. The zero-order valence-corrected chi connectivity index (χ0v) is 6.22. The molecule has 0 radical (unpaired) electrons. The van der Waals surface area contributed by atoms with Crippen LogP contribution in [0, 0.1) is 11.3 Å². The van der Waals surface area contributed by atoms with Crippen molar-refractivity contribution in [3.8, 4) is 0 Å². The number of oxime groups is 1.